The Morgan fingerprint density at radius 3 is 2.88 bits per heavy atom. The third-order valence-electron chi connectivity index (χ3n) is 1.93. The van der Waals surface area contributed by atoms with E-state index in [9.17, 15) is 9.18 Å². The SMILES string of the molecule is CCOC(=O)Cc1ccc(Cl)c(F)c1C#N. The molecule has 0 heterocycles. The molecule has 0 spiro atoms. The third-order valence-corrected chi connectivity index (χ3v) is 2.22. The van der Waals surface area contributed by atoms with Crippen molar-refractivity contribution < 1.29 is 13.9 Å². The van der Waals surface area contributed by atoms with Crippen molar-refractivity contribution in [1.29, 1.82) is 5.26 Å². The maximum Gasteiger partial charge on any atom is 0.310 e. The van der Waals surface area contributed by atoms with Gasteiger partial charge in [0.05, 0.1) is 23.6 Å². The summed E-state index contributed by atoms with van der Waals surface area (Å²) in [5.74, 6) is -1.30. The van der Waals surface area contributed by atoms with Gasteiger partial charge in [-0.1, -0.05) is 17.7 Å². The minimum Gasteiger partial charge on any atom is -0.466 e. The van der Waals surface area contributed by atoms with Crippen LogP contribution < -0.4 is 0 Å². The molecule has 16 heavy (non-hydrogen) atoms. The average molecular weight is 242 g/mol. The first-order valence-corrected chi connectivity index (χ1v) is 5.00. The highest BCUT2D eigenvalue weighted by molar-refractivity contribution is 6.30. The zero-order valence-corrected chi connectivity index (χ0v) is 9.34. The summed E-state index contributed by atoms with van der Waals surface area (Å²) < 4.78 is 18.1. The fourth-order valence-corrected chi connectivity index (χ4v) is 1.38. The fraction of sp³-hybridized carbons (Fsp3) is 0.273. The molecule has 0 aromatic heterocycles. The summed E-state index contributed by atoms with van der Waals surface area (Å²) in [4.78, 5) is 11.2. The highest BCUT2D eigenvalue weighted by Gasteiger charge is 2.14. The number of benzene rings is 1. The van der Waals surface area contributed by atoms with Gasteiger partial charge in [-0.3, -0.25) is 4.79 Å². The molecule has 0 amide bonds. The number of halogens is 2. The third kappa shape index (κ3) is 2.71. The molecular weight excluding hydrogens is 233 g/mol. The zero-order chi connectivity index (χ0) is 12.1. The molecule has 0 unspecified atom stereocenters. The lowest BCUT2D eigenvalue weighted by molar-refractivity contribution is -0.142. The highest BCUT2D eigenvalue weighted by Crippen LogP contribution is 2.21. The lowest BCUT2D eigenvalue weighted by atomic mass is 10.1. The van der Waals surface area contributed by atoms with Crippen LogP contribution in [0.1, 0.15) is 18.1 Å². The molecular formula is C11H9ClFNO2. The predicted molar refractivity (Wildman–Crippen MR) is 56.5 cm³/mol. The van der Waals surface area contributed by atoms with E-state index in [4.69, 9.17) is 21.6 Å². The maximum atomic E-state index is 13.4. The molecule has 3 nitrogen and oxygen atoms in total. The fourth-order valence-electron chi connectivity index (χ4n) is 1.23. The molecule has 5 heteroatoms. The maximum absolute atomic E-state index is 13.4. The molecule has 0 N–H and O–H groups in total. The quantitative estimate of drug-likeness (QED) is 0.764. The standard InChI is InChI=1S/C11H9ClFNO2/c1-2-16-10(15)5-7-3-4-9(12)11(13)8(7)6-14/h3-4H,2,5H2,1H3. The Labute approximate surface area is 97.4 Å². The Kier molecular flexibility index (Phi) is 4.27. The Bertz CT molecular complexity index is 454. The number of hydrogen-bond acceptors (Lipinski definition) is 3. The number of carbonyl (C=O) groups is 1. The lowest BCUT2D eigenvalue weighted by Gasteiger charge is -2.05. The minimum atomic E-state index is -0.800. The van der Waals surface area contributed by atoms with Crippen LogP contribution in [0.2, 0.25) is 5.02 Å². The molecule has 0 fully saturated rings. The van der Waals surface area contributed by atoms with E-state index in [1.54, 1.807) is 13.0 Å². The first kappa shape index (κ1) is 12.5. The van der Waals surface area contributed by atoms with Gasteiger partial charge in [-0.2, -0.15) is 5.26 Å². The first-order valence-electron chi connectivity index (χ1n) is 4.62. The van der Waals surface area contributed by atoms with Gasteiger partial charge in [0.1, 0.15) is 6.07 Å². The number of nitriles is 1. The molecule has 0 aliphatic carbocycles. The summed E-state index contributed by atoms with van der Waals surface area (Å²) in [7, 11) is 0. The van der Waals surface area contributed by atoms with Gasteiger partial charge in [0.2, 0.25) is 0 Å². The van der Waals surface area contributed by atoms with E-state index < -0.39 is 11.8 Å². The predicted octanol–water partition coefficient (Wildman–Crippen LogP) is 2.46. The van der Waals surface area contributed by atoms with Gasteiger partial charge in [-0.15, -0.1) is 0 Å². The summed E-state index contributed by atoms with van der Waals surface area (Å²) in [5, 5.41) is 8.63. The van der Waals surface area contributed by atoms with Crippen LogP contribution in [0.25, 0.3) is 0 Å². The number of carbonyl (C=O) groups excluding carboxylic acids is 1. The molecule has 0 atom stereocenters. The Morgan fingerprint density at radius 1 is 1.62 bits per heavy atom. The summed E-state index contributed by atoms with van der Waals surface area (Å²) in [6.07, 6.45) is -0.134. The van der Waals surface area contributed by atoms with Crippen LogP contribution in [0.15, 0.2) is 12.1 Å². The molecule has 0 saturated heterocycles. The molecule has 0 bridgehead atoms. The van der Waals surface area contributed by atoms with E-state index in [1.165, 1.54) is 12.1 Å². The van der Waals surface area contributed by atoms with Gasteiger partial charge in [-0.05, 0) is 18.6 Å². The van der Waals surface area contributed by atoms with E-state index in [2.05, 4.69) is 0 Å². The van der Waals surface area contributed by atoms with E-state index in [0.29, 0.717) is 0 Å². The Balaban J connectivity index is 3.02. The molecule has 1 aromatic carbocycles. The van der Waals surface area contributed by atoms with Crippen molar-refractivity contribution in [3.63, 3.8) is 0 Å². The van der Waals surface area contributed by atoms with Crippen molar-refractivity contribution in [3.8, 4) is 6.07 Å². The van der Waals surface area contributed by atoms with Crippen LogP contribution in [0, 0.1) is 17.1 Å². The number of ether oxygens (including phenoxy) is 1. The number of rotatable bonds is 3. The van der Waals surface area contributed by atoms with Crippen LogP contribution in [0.3, 0.4) is 0 Å². The van der Waals surface area contributed by atoms with Gasteiger partial charge in [0.15, 0.2) is 5.82 Å². The van der Waals surface area contributed by atoms with Crippen molar-refractivity contribution in [1.82, 2.24) is 0 Å². The molecule has 1 rings (SSSR count). The monoisotopic (exact) mass is 241 g/mol. The zero-order valence-electron chi connectivity index (χ0n) is 8.59. The second-order valence-corrected chi connectivity index (χ2v) is 3.40. The van der Waals surface area contributed by atoms with Crippen molar-refractivity contribution in [3.05, 3.63) is 34.1 Å². The molecule has 1 aromatic rings. The first-order chi connectivity index (χ1) is 7.60. The van der Waals surface area contributed by atoms with Crippen LogP contribution >= 0.6 is 11.6 Å². The van der Waals surface area contributed by atoms with Crippen LogP contribution in [-0.2, 0) is 16.0 Å². The van der Waals surface area contributed by atoms with Crippen LogP contribution in [0.5, 0.6) is 0 Å². The van der Waals surface area contributed by atoms with Gasteiger partial charge >= 0.3 is 5.97 Å². The average Bonchev–Trinajstić information content (AvgIpc) is 2.24. The molecule has 0 radical (unpaired) electrons. The number of nitrogens with zero attached hydrogens (tertiary/aromatic N) is 1. The highest BCUT2D eigenvalue weighted by atomic mass is 35.5. The molecule has 0 aliphatic rings. The van der Waals surface area contributed by atoms with Gasteiger partial charge in [0.25, 0.3) is 0 Å². The van der Waals surface area contributed by atoms with E-state index in [1.807, 2.05) is 0 Å². The summed E-state index contributed by atoms with van der Waals surface area (Å²) >= 11 is 5.52. The van der Waals surface area contributed by atoms with E-state index >= 15 is 0 Å². The molecule has 0 saturated carbocycles. The van der Waals surface area contributed by atoms with E-state index in [-0.39, 0.29) is 29.2 Å². The minimum absolute atomic E-state index is 0.134. The van der Waals surface area contributed by atoms with Gasteiger partial charge in [-0.25, -0.2) is 4.39 Å². The normalized spacial score (nSPS) is 9.62. The Hall–Kier alpha value is -1.60. The van der Waals surface area contributed by atoms with Crippen LogP contribution in [0.4, 0.5) is 4.39 Å². The van der Waals surface area contributed by atoms with Crippen molar-refractivity contribution in [2.24, 2.45) is 0 Å². The van der Waals surface area contributed by atoms with Gasteiger partial charge < -0.3 is 4.74 Å². The van der Waals surface area contributed by atoms with Crippen LogP contribution in [-0.4, -0.2) is 12.6 Å². The molecule has 84 valence electrons. The largest absolute Gasteiger partial charge is 0.466 e. The second kappa shape index (κ2) is 5.47. The Morgan fingerprint density at radius 2 is 2.31 bits per heavy atom. The molecule has 0 aliphatic heterocycles. The van der Waals surface area contributed by atoms with Crippen molar-refractivity contribution >= 4 is 17.6 Å². The van der Waals surface area contributed by atoms with Crippen molar-refractivity contribution in [2.45, 2.75) is 13.3 Å². The van der Waals surface area contributed by atoms with Crippen molar-refractivity contribution in [2.75, 3.05) is 6.61 Å². The summed E-state index contributed by atoms with van der Waals surface area (Å²) in [5.41, 5.74) is 0.0726. The summed E-state index contributed by atoms with van der Waals surface area (Å²) in [6, 6.07) is 4.44. The smallest absolute Gasteiger partial charge is 0.310 e. The lowest BCUT2D eigenvalue weighted by Crippen LogP contribution is -2.09. The van der Waals surface area contributed by atoms with E-state index in [0.717, 1.165) is 0 Å². The van der Waals surface area contributed by atoms with Gasteiger partial charge in [0, 0.05) is 0 Å². The topological polar surface area (TPSA) is 50.1 Å². The number of hydrogen-bond donors (Lipinski definition) is 0. The second-order valence-electron chi connectivity index (χ2n) is 2.99. The summed E-state index contributed by atoms with van der Waals surface area (Å²) in [6.45, 7) is 1.92. The number of esters is 1.